The van der Waals surface area contributed by atoms with Gasteiger partial charge in [0.2, 0.25) is 5.95 Å². The minimum absolute atomic E-state index is 0.0113. The van der Waals surface area contributed by atoms with E-state index in [1.165, 1.54) is 29.9 Å². The number of nitrogens with zero attached hydrogens (tertiary/aromatic N) is 6. The normalized spacial score (nSPS) is 17.1. The topological polar surface area (TPSA) is 126 Å². The fraction of sp³-hybridized carbons (Fsp3) is 0.474. The molecule has 1 unspecified atom stereocenters. The fourth-order valence-electron chi connectivity index (χ4n) is 3.49. The summed E-state index contributed by atoms with van der Waals surface area (Å²) in [6.45, 7) is 1.93. The summed E-state index contributed by atoms with van der Waals surface area (Å²) in [4.78, 5) is 16.2. The first-order valence-corrected chi connectivity index (χ1v) is 12.5. The fourth-order valence-corrected chi connectivity index (χ4v) is 5.78. The minimum Gasteiger partial charge on any atom is -0.388 e. The van der Waals surface area contributed by atoms with Gasteiger partial charge in [-0.1, -0.05) is 0 Å². The molecular weight excluding hydrogens is 495 g/mol. The van der Waals surface area contributed by atoms with Crippen molar-refractivity contribution in [1.29, 1.82) is 0 Å². The molecule has 0 radical (unpaired) electrons. The van der Waals surface area contributed by atoms with E-state index < -0.39 is 27.9 Å². The largest absolute Gasteiger partial charge is 0.420 e. The summed E-state index contributed by atoms with van der Waals surface area (Å²) >= 11 is 0.922. The zero-order chi connectivity index (χ0) is 24.7. The number of rotatable bonds is 6. The molecule has 3 aromatic rings. The quantitative estimate of drug-likeness (QED) is 0.511. The number of aliphatic hydroxyl groups is 1. The number of thiazole rings is 1. The Morgan fingerprint density at radius 1 is 1.21 bits per heavy atom. The molecule has 0 spiro atoms. The van der Waals surface area contributed by atoms with E-state index in [2.05, 4.69) is 25.3 Å². The van der Waals surface area contributed by atoms with E-state index >= 15 is 0 Å². The smallest absolute Gasteiger partial charge is 0.388 e. The van der Waals surface area contributed by atoms with E-state index in [4.69, 9.17) is 0 Å². The van der Waals surface area contributed by atoms with Gasteiger partial charge in [-0.15, -0.1) is 11.3 Å². The third kappa shape index (κ3) is 5.06. The molecule has 0 aromatic carbocycles. The molecule has 1 aliphatic heterocycles. The molecule has 0 saturated carbocycles. The highest BCUT2D eigenvalue weighted by Crippen LogP contribution is 2.38. The highest BCUT2D eigenvalue weighted by atomic mass is 32.2. The van der Waals surface area contributed by atoms with Gasteiger partial charge in [-0.2, -0.15) is 17.5 Å². The van der Waals surface area contributed by atoms with Gasteiger partial charge in [0.25, 0.3) is 10.0 Å². The number of aliphatic hydroxyl groups excluding tert-OH is 1. The van der Waals surface area contributed by atoms with Crippen LogP contribution in [0.2, 0.25) is 0 Å². The second-order valence-corrected chi connectivity index (χ2v) is 10.8. The first kappa shape index (κ1) is 24.5. The standard InChI is InChI=1S/C19H22F3N7O3S2/c1-11(30)14-8-23-17(33-14)16-13(19(20,21)22)7-24-18(27-16)26-12-3-5-29(6-4-12)34(31,32)15-9-28(2)10-25-15/h7-12,30H,3-6H2,1-2H3,(H,24,26,27). The van der Waals surface area contributed by atoms with E-state index in [9.17, 15) is 26.7 Å². The molecule has 1 aliphatic rings. The van der Waals surface area contributed by atoms with Crippen LogP contribution in [-0.4, -0.2) is 61.5 Å². The van der Waals surface area contributed by atoms with Crippen LogP contribution in [0.3, 0.4) is 0 Å². The number of sulfonamides is 1. The number of halogens is 3. The number of piperidine rings is 1. The summed E-state index contributed by atoms with van der Waals surface area (Å²) in [5.74, 6) is -0.0113. The minimum atomic E-state index is -4.68. The molecule has 4 heterocycles. The van der Waals surface area contributed by atoms with Crippen molar-refractivity contribution in [2.75, 3.05) is 18.4 Å². The van der Waals surface area contributed by atoms with Crippen molar-refractivity contribution in [3.8, 4) is 10.7 Å². The molecule has 10 nitrogen and oxygen atoms in total. The van der Waals surface area contributed by atoms with Crippen molar-refractivity contribution in [1.82, 2.24) is 28.8 Å². The van der Waals surface area contributed by atoms with Crippen LogP contribution in [0.25, 0.3) is 10.7 Å². The van der Waals surface area contributed by atoms with Crippen molar-refractivity contribution >= 4 is 27.3 Å². The van der Waals surface area contributed by atoms with Crippen molar-refractivity contribution in [2.24, 2.45) is 7.05 Å². The van der Waals surface area contributed by atoms with Crippen molar-refractivity contribution in [3.63, 3.8) is 0 Å². The van der Waals surface area contributed by atoms with Crippen LogP contribution in [0.5, 0.6) is 0 Å². The first-order valence-electron chi connectivity index (χ1n) is 10.3. The number of aryl methyl sites for hydroxylation is 1. The van der Waals surface area contributed by atoms with Gasteiger partial charge < -0.3 is 15.0 Å². The Morgan fingerprint density at radius 2 is 1.91 bits per heavy atom. The maximum absolute atomic E-state index is 13.5. The average molecular weight is 518 g/mol. The summed E-state index contributed by atoms with van der Waals surface area (Å²) in [6, 6.07) is -0.232. The molecule has 3 aromatic heterocycles. The van der Waals surface area contributed by atoms with Crippen molar-refractivity contribution in [3.05, 3.63) is 35.4 Å². The SMILES string of the molecule is CC(O)c1cnc(-c2nc(NC3CCN(S(=O)(=O)c4cn(C)cn4)CC3)ncc2C(F)(F)F)s1. The van der Waals surface area contributed by atoms with Crippen LogP contribution in [0.4, 0.5) is 19.1 Å². The molecule has 1 atom stereocenters. The van der Waals surface area contributed by atoms with E-state index in [0.717, 1.165) is 11.3 Å². The van der Waals surface area contributed by atoms with Gasteiger partial charge in [0.05, 0.1) is 17.3 Å². The van der Waals surface area contributed by atoms with Gasteiger partial charge >= 0.3 is 6.18 Å². The van der Waals surface area contributed by atoms with Crippen LogP contribution < -0.4 is 5.32 Å². The third-order valence-electron chi connectivity index (χ3n) is 5.30. The van der Waals surface area contributed by atoms with Gasteiger partial charge in [-0.25, -0.2) is 28.4 Å². The highest BCUT2D eigenvalue weighted by Gasteiger charge is 2.37. The predicted octanol–water partition coefficient (Wildman–Crippen LogP) is 2.67. The van der Waals surface area contributed by atoms with Crippen molar-refractivity contribution in [2.45, 2.75) is 43.1 Å². The number of anilines is 1. The van der Waals surface area contributed by atoms with E-state index in [1.807, 2.05) is 0 Å². The summed E-state index contributed by atoms with van der Waals surface area (Å²) in [5.41, 5.74) is -1.40. The van der Waals surface area contributed by atoms with Crippen LogP contribution in [0, 0.1) is 0 Å². The Hall–Kier alpha value is -2.62. The molecule has 34 heavy (non-hydrogen) atoms. The maximum atomic E-state index is 13.5. The monoisotopic (exact) mass is 517 g/mol. The molecule has 0 aliphatic carbocycles. The van der Waals surface area contributed by atoms with E-state index in [0.29, 0.717) is 23.9 Å². The molecule has 184 valence electrons. The summed E-state index contributed by atoms with van der Waals surface area (Å²) in [7, 11) is -2.04. The van der Waals surface area contributed by atoms with Crippen LogP contribution >= 0.6 is 11.3 Å². The Bertz CT molecular complexity index is 1270. The number of imidazole rings is 1. The average Bonchev–Trinajstić information content (AvgIpc) is 3.43. The zero-order valence-electron chi connectivity index (χ0n) is 18.2. The zero-order valence-corrected chi connectivity index (χ0v) is 19.8. The van der Waals surface area contributed by atoms with Crippen LogP contribution in [0.1, 0.15) is 36.3 Å². The summed E-state index contributed by atoms with van der Waals surface area (Å²) in [5, 5.41) is 12.7. The lowest BCUT2D eigenvalue weighted by Crippen LogP contribution is -2.42. The second kappa shape index (κ2) is 9.20. The Kier molecular flexibility index (Phi) is 6.63. The van der Waals surface area contributed by atoms with Gasteiger partial charge in [0, 0.05) is 44.8 Å². The van der Waals surface area contributed by atoms with Crippen LogP contribution in [0.15, 0.2) is 29.9 Å². The Labute approximate surface area is 197 Å². The molecule has 0 amide bonds. The number of hydrogen-bond donors (Lipinski definition) is 2. The molecule has 0 bridgehead atoms. The lowest BCUT2D eigenvalue weighted by Gasteiger charge is -2.31. The Balaban J connectivity index is 1.50. The highest BCUT2D eigenvalue weighted by molar-refractivity contribution is 7.89. The lowest BCUT2D eigenvalue weighted by atomic mass is 10.1. The number of hydrogen-bond acceptors (Lipinski definition) is 9. The molecule has 1 fully saturated rings. The molecule has 15 heteroatoms. The first-order chi connectivity index (χ1) is 15.9. The number of aromatic nitrogens is 5. The third-order valence-corrected chi connectivity index (χ3v) is 8.26. The van der Waals surface area contributed by atoms with E-state index in [-0.39, 0.29) is 40.8 Å². The van der Waals surface area contributed by atoms with E-state index in [1.54, 1.807) is 11.6 Å². The molecular formula is C19H22F3N7O3S2. The van der Waals surface area contributed by atoms with Gasteiger partial charge in [-0.3, -0.25) is 0 Å². The van der Waals surface area contributed by atoms with Crippen LogP contribution in [-0.2, 0) is 23.2 Å². The number of nitrogens with one attached hydrogen (secondary N) is 1. The van der Waals surface area contributed by atoms with Gasteiger partial charge in [-0.05, 0) is 19.8 Å². The summed E-state index contributed by atoms with van der Waals surface area (Å²) in [6.07, 6.45) is 0.131. The predicted molar refractivity (Wildman–Crippen MR) is 117 cm³/mol. The van der Waals surface area contributed by atoms with Gasteiger partial charge in [0.1, 0.15) is 16.3 Å². The van der Waals surface area contributed by atoms with Crippen molar-refractivity contribution < 1.29 is 26.7 Å². The summed E-state index contributed by atoms with van der Waals surface area (Å²) < 4.78 is 69.0. The maximum Gasteiger partial charge on any atom is 0.420 e. The number of alkyl halides is 3. The molecule has 1 saturated heterocycles. The Morgan fingerprint density at radius 3 is 2.47 bits per heavy atom. The lowest BCUT2D eigenvalue weighted by molar-refractivity contribution is -0.137. The molecule has 2 N–H and O–H groups in total. The second-order valence-electron chi connectivity index (χ2n) is 7.90. The molecule has 4 rings (SSSR count). The van der Waals surface area contributed by atoms with Gasteiger partial charge in [0.15, 0.2) is 5.03 Å².